The van der Waals surface area contributed by atoms with Crippen LogP contribution in [0.2, 0.25) is 0 Å². The van der Waals surface area contributed by atoms with E-state index in [2.05, 4.69) is 483 Å². The Kier molecular flexibility index (Phi) is 16.4. The van der Waals surface area contributed by atoms with Gasteiger partial charge in [0.25, 0.3) is 0 Å². The highest BCUT2D eigenvalue weighted by atomic mass is 32.1. The third kappa shape index (κ3) is 10.9. The Bertz CT molecular complexity index is 9020. The van der Waals surface area contributed by atoms with Gasteiger partial charge in [0.1, 0.15) is 0 Å². The second-order valence-electron chi connectivity index (χ2n) is 36.9. The third-order valence-electron chi connectivity index (χ3n) is 28.9. The first kappa shape index (κ1) is 74.8. The Morgan fingerprint density at radius 1 is 0.178 bits per heavy atom. The molecule has 0 N–H and O–H groups in total. The summed E-state index contributed by atoms with van der Waals surface area (Å²) in [6.07, 6.45) is 0. The van der Waals surface area contributed by atoms with E-state index in [0.717, 1.165) is 0 Å². The minimum Gasteiger partial charge on any atom is -0.309 e. The molecule has 19 aromatic carbocycles. The van der Waals surface area contributed by atoms with E-state index in [9.17, 15) is 0 Å². The maximum atomic E-state index is 2.48. The van der Waals surface area contributed by atoms with Crippen molar-refractivity contribution in [3.8, 4) is 84.1 Å². The number of para-hydroxylation sites is 6. The molecule has 6 heterocycles. The van der Waals surface area contributed by atoms with Crippen LogP contribution < -0.4 is 0 Å². The number of fused-ring (bicyclic) bond motifs is 30. The molecule has 129 heavy (non-hydrogen) atoms. The van der Waals surface area contributed by atoms with Crippen LogP contribution in [0.1, 0.15) is 74.9 Å². The lowest BCUT2D eigenvalue weighted by Gasteiger charge is -2.22. The van der Waals surface area contributed by atoms with Crippen molar-refractivity contribution in [2.24, 2.45) is 0 Å². The fourth-order valence-corrected chi connectivity index (χ4v) is 24.6. The van der Waals surface area contributed by atoms with E-state index < -0.39 is 0 Å². The van der Waals surface area contributed by atoms with E-state index in [1.54, 1.807) is 0 Å². The molecule has 5 nitrogen and oxygen atoms in total. The molecule has 0 saturated carbocycles. The normalized spacial score (nSPS) is 13.7. The monoisotopic (exact) mass is 1670 g/mol. The van der Waals surface area contributed by atoms with Gasteiger partial charge in [-0.05, 0) is 216 Å². The number of rotatable bonds is 7. The van der Waals surface area contributed by atoms with E-state index in [4.69, 9.17) is 0 Å². The van der Waals surface area contributed by atoms with Crippen LogP contribution in [0.5, 0.6) is 0 Å². The summed E-state index contributed by atoms with van der Waals surface area (Å²) < 4.78 is 14.9. The zero-order valence-electron chi connectivity index (χ0n) is 72.5. The van der Waals surface area contributed by atoms with Crippen molar-refractivity contribution in [1.82, 2.24) is 22.8 Å². The maximum Gasteiger partial charge on any atom is 0.0561 e. The van der Waals surface area contributed by atoms with Crippen molar-refractivity contribution in [3.63, 3.8) is 0 Å². The van der Waals surface area contributed by atoms with Gasteiger partial charge in [-0.3, -0.25) is 0 Å². The van der Waals surface area contributed by atoms with Gasteiger partial charge >= 0.3 is 0 Å². The van der Waals surface area contributed by atoms with Crippen LogP contribution in [0.4, 0.5) is 0 Å². The molecule has 3 aliphatic rings. The van der Waals surface area contributed by atoms with Gasteiger partial charge in [0, 0.05) is 119 Å². The van der Waals surface area contributed by atoms with Gasteiger partial charge in [0.2, 0.25) is 0 Å². The lowest BCUT2D eigenvalue weighted by Crippen LogP contribution is -2.15. The van der Waals surface area contributed by atoms with Crippen LogP contribution in [-0.2, 0) is 16.2 Å². The summed E-state index contributed by atoms with van der Waals surface area (Å²) in [5, 5.41) is 15.7. The second kappa shape index (κ2) is 28.2. The van der Waals surface area contributed by atoms with Crippen LogP contribution >= 0.6 is 11.3 Å². The summed E-state index contributed by atoms with van der Waals surface area (Å²) in [5.74, 6) is 0. The van der Waals surface area contributed by atoms with Crippen LogP contribution in [0, 0.1) is 0 Å². The average Bonchev–Trinajstić information content (AvgIpc) is 1.54. The van der Waals surface area contributed by atoms with E-state index in [1.807, 2.05) is 11.3 Å². The van der Waals surface area contributed by atoms with Gasteiger partial charge in [-0.2, -0.15) is 0 Å². The molecule has 0 aliphatic heterocycles. The Balaban J connectivity index is 0.000000102. The van der Waals surface area contributed by atoms with E-state index in [-0.39, 0.29) is 16.2 Å². The molecule has 0 spiro atoms. The number of aromatic nitrogens is 5. The summed E-state index contributed by atoms with van der Waals surface area (Å²) in [6.45, 7) is 14.3. The van der Waals surface area contributed by atoms with E-state index in [1.165, 1.54) is 247 Å². The minimum absolute atomic E-state index is 0.0704. The molecule has 28 rings (SSSR count). The van der Waals surface area contributed by atoms with Gasteiger partial charge in [0.05, 0.1) is 55.2 Å². The minimum atomic E-state index is -0.0959. The van der Waals surface area contributed by atoms with Crippen LogP contribution in [0.3, 0.4) is 0 Å². The lowest BCUT2D eigenvalue weighted by molar-refractivity contribution is 0.666. The first-order valence-corrected chi connectivity index (χ1v) is 45.9. The van der Waals surface area contributed by atoms with Crippen molar-refractivity contribution in [3.05, 3.63) is 452 Å². The Morgan fingerprint density at radius 3 is 1.03 bits per heavy atom. The van der Waals surface area contributed by atoms with Crippen LogP contribution in [0.15, 0.2) is 419 Å². The van der Waals surface area contributed by atoms with Gasteiger partial charge in [0.15, 0.2) is 0 Å². The average molecular weight is 1670 g/mol. The highest BCUT2D eigenvalue weighted by molar-refractivity contribution is 7.26. The zero-order valence-corrected chi connectivity index (χ0v) is 73.3. The summed E-state index contributed by atoms with van der Waals surface area (Å²) >= 11 is 1.89. The van der Waals surface area contributed by atoms with Crippen molar-refractivity contribution in [2.45, 2.75) is 57.8 Å². The zero-order chi connectivity index (χ0) is 85.9. The summed E-state index contributed by atoms with van der Waals surface area (Å²) in [6, 6.07) is 154. The predicted molar refractivity (Wildman–Crippen MR) is 547 cm³/mol. The second-order valence-corrected chi connectivity index (χ2v) is 38.0. The van der Waals surface area contributed by atoms with Crippen LogP contribution in [-0.4, -0.2) is 22.8 Å². The SMILES string of the molecule is CC1(C)c2ccccc2-c2ccc3c(c21)c1ccccc1n3-c1ccc2c(c1)c1cc(-c3ccccc3)ccc1n2-c1ccccc1.CC1(C)c2ccccc2-c2ccc3c(c21)c1ccccc1n3-c1ccc2c3ccccc3n(-c3ccccc3)c2c1.CC1(C)c2ccccc2-c2ccc3c(c21)c1ccccc1n3-c1cccc(-c2cccc3c2sc2ccccc23)c1. The molecule has 0 saturated heterocycles. The maximum absolute atomic E-state index is 2.48. The summed E-state index contributed by atoms with van der Waals surface area (Å²) in [5.41, 5.74) is 39.7. The summed E-state index contributed by atoms with van der Waals surface area (Å²) in [4.78, 5) is 0. The molecule has 0 amide bonds. The smallest absolute Gasteiger partial charge is 0.0561 e. The molecular formula is C123H87N5S. The highest BCUT2D eigenvalue weighted by Gasteiger charge is 2.42. The predicted octanol–water partition coefficient (Wildman–Crippen LogP) is 33.2. The quantitative estimate of drug-likeness (QED) is 0.152. The Labute approximate surface area is 751 Å². The fourth-order valence-electron chi connectivity index (χ4n) is 23.4. The van der Waals surface area contributed by atoms with Gasteiger partial charge in [-0.25, -0.2) is 0 Å². The number of benzene rings is 19. The number of hydrogen-bond donors (Lipinski definition) is 0. The van der Waals surface area contributed by atoms with Crippen molar-refractivity contribution < 1.29 is 0 Å². The largest absolute Gasteiger partial charge is 0.309 e. The number of thiophene rings is 1. The first-order chi connectivity index (χ1) is 63.3. The van der Waals surface area contributed by atoms with Crippen molar-refractivity contribution >= 4 is 141 Å². The third-order valence-corrected chi connectivity index (χ3v) is 30.2. The summed E-state index contributed by atoms with van der Waals surface area (Å²) in [7, 11) is 0. The van der Waals surface area contributed by atoms with Gasteiger partial charge in [-0.15, -0.1) is 11.3 Å². The topological polar surface area (TPSA) is 24.6 Å². The van der Waals surface area contributed by atoms with Crippen molar-refractivity contribution in [1.29, 1.82) is 0 Å². The lowest BCUT2D eigenvalue weighted by atomic mass is 9.80. The molecule has 6 heteroatoms. The molecule has 610 valence electrons. The molecular weight excluding hydrogens is 1580 g/mol. The fraction of sp³-hybridized carbons (Fsp3) is 0.0732. The molecule has 0 bridgehead atoms. The van der Waals surface area contributed by atoms with Gasteiger partial charge in [-0.1, -0.05) is 333 Å². The Hall–Kier alpha value is -15.6. The highest BCUT2D eigenvalue weighted by Crippen LogP contribution is 2.58. The molecule has 0 radical (unpaired) electrons. The molecule has 25 aromatic rings. The van der Waals surface area contributed by atoms with Crippen LogP contribution in [0.25, 0.3) is 213 Å². The molecule has 3 aliphatic carbocycles. The molecule has 0 fully saturated rings. The van der Waals surface area contributed by atoms with Crippen molar-refractivity contribution in [2.75, 3.05) is 0 Å². The number of nitrogens with zero attached hydrogens (tertiary/aromatic N) is 5. The van der Waals surface area contributed by atoms with E-state index in [0.29, 0.717) is 0 Å². The van der Waals surface area contributed by atoms with E-state index >= 15 is 0 Å². The number of hydrogen-bond acceptors (Lipinski definition) is 1. The standard InChI is InChI=1S/C45H32N2.C39H28N2.C39H27NS/c1-45(2)38-19-11-9-17-33(38)34-23-26-42-43(44(34)45)35-18-10-12-20-39(35)47(42)32-22-25-41-37(28-32)36-27-30(29-13-5-3-6-14-29)21-24-40(36)46(41)31-15-7-4-8-16-31;1-39(2)32-17-9-6-14-27(32)30-22-23-35-37(38(30)39)31-16-8-11-19-34(31)41(35)26-20-21-29-28-15-7-10-18-33(28)40(36(29)24-26)25-12-4-3-5-13-25;1-39(2)32-18-6-3-13-27(32)29-21-22-34-36(37(29)39)31-15-4-7-19-33(31)40(34)25-12-9-11-24(23-25)26-16-10-17-30-28-14-5-8-20-35(28)41-38(26)30/h3-28H,1-2H3;3-24H,1-2H3;3-23H,1-2H3. The Morgan fingerprint density at radius 2 is 0.512 bits per heavy atom. The molecule has 0 unspecified atom stereocenters. The molecule has 6 aromatic heterocycles. The first-order valence-electron chi connectivity index (χ1n) is 45.1. The molecule has 0 atom stereocenters. The van der Waals surface area contributed by atoms with Gasteiger partial charge < -0.3 is 22.8 Å².